The van der Waals surface area contributed by atoms with E-state index in [-0.39, 0.29) is 37.2 Å². The number of carbonyl (C=O) groups is 1. The van der Waals surface area contributed by atoms with E-state index in [1.807, 2.05) is 0 Å². The third-order valence-electron chi connectivity index (χ3n) is 3.39. The molecule has 1 heterocycles. The maximum atomic E-state index is 13.5. The fourth-order valence-electron chi connectivity index (χ4n) is 2.33. The molecule has 0 bridgehead atoms. The first kappa shape index (κ1) is 15.0. The van der Waals surface area contributed by atoms with Crippen molar-refractivity contribution in [2.75, 3.05) is 26.2 Å². The Morgan fingerprint density at radius 1 is 1.60 bits per heavy atom. The van der Waals surface area contributed by atoms with Gasteiger partial charge in [0.15, 0.2) is 0 Å². The lowest BCUT2D eigenvalue weighted by Crippen LogP contribution is -2.37. The second-order valence-corrected chi connectivity index (χ2v) is 5.10. The van der Waals surface area contributed by atoms with Gasteiger partial charge in [-0.3, -0.25) is 0 Å². The van der Waals surface area contributed by atoms with Crippen LogP contribution in [0.25, 0.3) is 0 Å². The van der Waals surface area contributed by atoms with Crippen LogP contribution >= 0.6 is 11.6 Å². The highest BCUT2D eigenvalue weighted by molar-refractivity contribution is 6.30. The van der Waals surface area contributed by atoms with Gasteiger partial charge >= 0.3 is 6.09 Å². The van der Waals surface area contributed by atoms with Crippen LogP contribution in [0.2, 0.25) is 5.02 Å². The first-order valence-corrected chi connectivity index (χ1v) is 6.65. The SMILES string of the molecule is NCC1CN(C(=O)O)CCOC1c1ccc(Cl)c(F)c1. The third kappa shape index (κ3) is 3.20. The molecule has 1 aliphatic heterocycles. The molecular weight excluding hydrogens is 287 g/mol. The quantitative estimate of drug-likeness (QED) is 0.877. The normalized spacial score (nSPS) is 23.4. The molecule has 1 aromatic carbocycles. The predicted octanol–water partition coefficient (Wildman–Crippen LogP) is 2.11. The van der Waals surface area contributed by atoms with Crippen molar-refractivity contribution >= 4 is 17.7 Å². The molecule has 2 unspecified atom stereocenters. The van der Waals surface area contributed by atoms with Crippen LogP contribution in [0.1, 0.15) is 11.7 Å². The molecule has 3 N–H and O–H groups in total. The van der Waals surface area contributed by atoms with E-state index in [0.29, 0.717) is 5.56 Å². The first-order chi connectivity index (χ1) is 9.52. The van der Waals surface area contributed by atoms with Crippen molar-refractivity contribution in [3.05, 3.63) is 34.6 Å². The fourth-order valence-corrected chi connectivity index (χ4v) is 2.44. The highest BCUT2D eigenvalue weighted by atomic mass is 35.5. The Balaban J connectivity index is 2.24. The summed E-state index contributed by atoms with van der Waals surface area (Å²) in [4.78, 5) is 12.3. The van der Waals surface area contributed by atoms with Crippen molar-refractivity contribution in [3.8, 4) is 0 Å². The average Bonchev–Trinajstić information content (AvgIpc) is 2.64. The maximum Gasteiger partial charge on any atom is 0.407 e. The Hall–Kier alpha value is -1.37. The van der Waals surface area contributed by atoms with E-state index >= 15 is 0 Å². The molecule has 5 nitrogen and oxygen atoms in total. The number of hydrogen-bond donors (Lipinski definition) is 2. The van der Waals surface area contributed by atoms with Crippen molar-refractivity contribution < 1.29 is 19.0 Å². The van der Waals surface area contributed by atoms with Crippen molar-refractivity contribution in [1.29, 1.82) is 0 Å². The molecule has 0 radical (unpaired) electrons. The zero-order valence-electron chi connectivity index (χ0n) is 10.8. The van der Waals surface area contributed by atoms with Gasteiger partial charge in [0.1, 0.15) is 5.82 Å². The van der Waals surface area contributed by atoms with Crippen molar-refractivity contribution in [1.82, 2.24) is 4.90 Å². The van der Waals surface area contributed by atoms with E-state index in [0.717, 1.165) is 0 Å². The molecule has 7 heteroatoms. The van der Waals surface area contributed by atoms with Gasteiger partial charge in [-0.15, -0.1) is 0 Å². The monoisotopic (exact) mass is 302 g/mol. The number of amides is 1. The van der Waals surface area contributed by atoms with Crippen LogP contribution in [-0.2, 0) is 4.74 Å². The molecule has 0 aromatic heterocycles. The van der Waals surface area contributed by atoms with Crippen LogP contribution in [0, 0.1) is 11.7 Å². The minimum Gasteiger partial charge on any atom is -0.465 e. The standard InChI is InChI=1S/C13H16ClFN2O3/c14-10-2-1-8(5-11(10)15)12-9(6-16)7-17(13(18)19)3-4-20-12/h1-2,5,9,12H,3-4,6-7,16H2,(H,18,19). The molecule has 2 rings (SSSR count). The van der Waals surface area contributed by atoms with Gasteiger partial charge in [-0.2, -0.15) is 0 Å². The molecule has 1 aliphatic rings. The highest BCUT2D eigenvalue weighted by Crippen LogP contribution is 2.30. The summed E-state index contributed by atoms with van der Waals surface area (Å²) in [6, 6.07) is 4.45. The molecule has 1 aromatic rings. The Kier molecular flexibility index (Phi) is 4.80. The predicted molar refractivity (Wildman–Crippen MR) is 72.2 cm³/mol. The number of rotatable bonds is 2. The summed E-state index contributed by atoms with van der Waals surface area (Å²) in [7, 11) is 0. The lowest BCUT2D eigenvalue weighted by molar-refractivity contribution is 0.0329. The number of hydrogen-bond acceptors (Lipinski definition) is 3. The summed E-state index contributed by atoms with van der Waals surface area (Å²) in [6.07, 6.45) is -1.44. The van der Waals surface area contributed by atoms with Gasteiger partial charge in [0.2, 0.25) is 0 Å². The third-order valence-corrected chi connectivity index (χ3v) is 3.69. The summed E-state index contributed by atoms with van der Waals surface area (Å²) >= 11 is 5.66. The summed E-state index contributed by atoms with van der Waals surface area (Å²) in [6.45, 7) is 1.04. The number of nitrogens with two attached hydrogens (primary N) is 1. The Morgan fingerprint density at radius 3 is 2.95 bits per heavy atom. The van der Waals surface area contributed by atoms with E-state index in [2.05, 4.69) is 0 Å². The van der Waals surface area contributed by atoms with Crippen LogP contribution < -0.4 is 5.73 Å². The van der Waals surface area contributed by atoms with Gasteiger partial charge in [0, 0.05) is 19.0 Å². The minimum absolute atomic E-state index is 0.0406. The van der Waals surface area contributed by atoms with E-state index in [4.69, 9.17) is 27.2 Å². The zero-order valence-corrected chi connectivity index (χ0v) is 11.5. The summed E-state index contributed by atoms with van der Waals surface area (Å²) in [5, 5.41) is 9.11. The largest absolute Gasteiger partial charge is 0.465 e. The number of ether oxygens (including phenoxy) is 1. The van der Waals surface area contributed by atoms with Crippen LogP contribution in [0.15, 0.2) is 18.2 Å². The van der Waals surface area contributed by atoms with Crippen molar-refractivity contribution in [2.24, 2.45) is 11.7 Å². The number of halogens is 2. The maximum absolute atomic E-state index is 13.5. The van der Waals surface area contributed by atoms with E-state index in [9.17, 15) is 9.18 Å². The second-order valence-electron chi connectivity index (χ2n) is 4.69. The first-order valence-electron chi connectivity index (χ1n) is 6.27. The smallest absolute Gasteiger partial charge is 0.407 e. The van der Waals surface area contributed by atoms with E-state index < -0.39 is 18.0 Å². The van der Waals surface area contributed by atoms with Crippen LogP contribution in [0.5, 0.6) is 0 Å². The number of carboxylic acid groups (broad SMARTS) is 1. The molecule has 1 saturated heterocycles. The Morgan fingerprint density at radius 2 is 2.35 bits per heavy atom. The summed E-state index contributed by atoms with van der Waals surface area (Å²) in [5.41, 5.74) is 6.33. The summed E-state index contributed by atoms with van der Waals surface area (Å²) in [5.74, 6) is -0.753. The lowest BCUT2D eigenvalue weighted by atomic mass is 9.95. The zero-order chi connectivity index (χ0) is 14.7. The Bertz CT molecular complexity index is 501. The van der Waals surface area contributed by atoms with Crippen LogP contribution in [0.3, 0.4) is 0 Å². The van der Waals surface area contributed by atoms with Crippen LogP contribution in [-0.4, -0.2) is 42.3 Å². The average molecular weight is 303 g/mol. The van der Waals surface area contributed by atoms with Crippen LogP contribution in [0.4, 0.5) is 9.18 Å². The number of nitrogens with zero attached hydrogens (tertiary/aromatic N) is 1. The van der Waals surface area contributed by atoms with E-state index in [1.54, 1.807) is 6.07 Å². The van der Waals surface area contributed by atoms with Gasteiger partial charge in [0.25, 0.3) is 0 Å². The molecule has 1 fully saturated rings. The van der Waals surface area contributed by atoms with Gasteiger partial charge in [0.05, 0.1) is 17.7 Å². The van der Waals surface area contributed by atoms with Gasteiger partial charge in [-0.05, 0) is 24.2 Å². The van der Waals surface area contributed by atoms with Crippen molar-refractivity contribution in [3.63, 3.8) is 0 Å². The van der Waals surface area contributed by atoms with Gasteiger partial charge < -0.3 is 20.5 Å². The van der Waals surface area contributed by atoms with Crippen molar-refractivity contribution in [2.45, 2.75) is 6.10 Å². The van der Waals surface area contributed by atoms with Gasteiger partial charge in [-0.25, -0.2) is 9.18 Å². The van der Waals surface area contributed by atoms with Gasteiger partial charge in [-0.1, -0.05) is 17.7 Å². The highest BCUT2D eigenvalue weighted by Gasteiger charge is 2.30. The number of benzene rings is 1. The molecule has 0 spiro atoms. The molecule has 110 valence electrons. The molecular formula is C13H16ClFN2O3. The molecule has 0 saturated carbocycles. The minimum atomic E-state index is -1.00. The fraction of sp³-hybridized carbons (Fsp3) is 0.462. The molecule has 0 aliphatic carbocycles. The summed E-state index contributed by atoms with van der Waals surface area (Å²) < 4.78 is 19.2. The van der Waals surface area contributed by atoms with E-state index in [1.165, 1.54) is 17.0 Å². The molecule has 2 atom stereocenters. The molecule has 1 amide bonds. The second kappa shape index (κ2) is 6.39. The topological polar surface area (TPSA) is 75.8 Å². The lowest BCUT2D eigenvalue weighted by Gasteiger charge is -2.25. The Labute approximate surface area is 121 Å². The molecule has 20 heavy (non-hydrogen) atoms.